The summed E-state index contributed by atoms with van der Waals surface area (Å²) in [5.74, 6) is -1.92. The first-order valence-electron chi connectivity index (χ1n) is 3.05. The molecule has 0 aromatic carbocycles. The third-order valence-electron chi connectivity index (χ3n) is 0. The molecule has 0 aliphatic rings. The van der Waals surface area contributed by atoms with E-state index in [1.54, 1.807) is 4.58 Å². The highest BCUT2D eigenvalue weighted by Gasteiger charge is 1.65. The highest BCUT2D eigenvalue weighted by Crippen LogP contribution is 1.42. The second-order valence-electron chi connectivity index (χ2n) is 2.09. The number of aliphatic carboxylic acids is 2. The van der Waals surface area contributed by atoms with Crippen molar-refractivity contribution in [1.82, 2.24) is 0 Å². The molecule has 0 atom stereocenters. The predicted molar refractivity (Wildman–Crippen MR) is 43.2 cm³/mol. The molecule has 0 bridgehead atoms. The topological polar surface area (TPSA) is 80.4 Å². The summed E-state index contributed by atoms with van der Waals surface area (Å²) < 4.78 is 1.75. The summed E-state index contributed by atoms with van der Waals surface area (Å²) in [7, 11) is 3.78. The fourth-order valence-corrected chi connectivity index (χ4v) is 0. The van der Waals surface area contributed by atoms with Gasteiger partial charge in [0.15, 0.2) is 0 Å². The lowest BCUT2D eigenvalue weighted by atomic mass is 10.9. The Balaban J connectivity index is -0.000000101. The maximum Gasteiger partial charge on any atom is 0.300 e. The summed E-state index contributed by atoms with van der Waals surface area (Å²) in [6, 6.07) is 0. The normalized spacial score (nSPS) is 6.33. The van der Waals surface area contributed by atoms with E-state index in [4.69, 9.17) is 19.8 Å². The van der Waals surface area contributed by atoms with Gasteiger partial charge < -0.3 is 15.0 Å². The molecule has 5 nitrogen and oxygen atoms in total. The molecule has 1 N–H and O–H groups in total. The van der Waals surface area contributed by atoms with Crippen LogP contribution in [0.15, 0.2) is 0 Å². The average Bonchev–Trinajstić information content (AvgIpc) is 1.54. The fourth-order valence-electron chi connectivity index (χ4n) is 0. The molecule has 0 saturated heterocycles. The lowest BCUT2D eigenvalue weighted by Crippen LogP contribution is -2.16. The first-order chi connectivity index (χ1) is 5.20. The molecule has 5 heteroatoms. The molecule has 0 aromatic heterocycles. The third kappa shape index (κ3) is 258. The van der Waals surface area contributed by atoms with Crippen molar-refractivity contribution in [1.29, 1.82) is 0 Å². The quantitative estimate of drug-likeness (QED) is 0.372. The number of hydrogen-bond donors (Lipinski definition) is 1. The van der Waals surface area contributed by atoms with Gasteiger partial charge in [-0.25, -0.2) is 4.58 Å². The number of carboxylic acids is 2. The van der Waals surface area contributed by atoms with Crippen LogP contribution in [0, 0.1) is 0 Å². The van der Waals surface area contributed by atoms with Crippen molar-refractivity contribution >= 4 is 18.7 Å². The van der Waals surface area contributed by atoms with E-state index in [-0.39, 0.29) is 0 Å². The maximum atomic E-state index is 9.00. The molecule has 0 amide bonds. The van der Waals surface area contributed by atoms with E-state index in [0.717, 1.165) is 13.8 Å². The Bertz CT molecular complexity index is 113. The van der Waals surface area contributed by atoms with E-state index >= 15 is 0 Å². The zero-order chi connectivity index (χ0) is 10.7. The Morgan fingerprint density at radius 2 is 1.33 bits per heavy atom. The van der Waals surface area contributed by atoms with Gasteiger partial charge in [0.05, 0.1) is 0 Å². The molecule has 0 radical (unpaired) electrons. The van der Waals surface area contributed by atoms with E-state index in [9.17, 15) is 0 Å². The van der Waals surface area contributed by atoms with Crippen molar-refractivity contribution in [2.45, 2.75) is 13.8 Å². The van der Waals surface area contributed by atoms with E-state index in [0.29, 0.717) is 0 Å². The molecule has 0 fully saturated rings. The Hall–Kier alpha value is -1.39. The van der Waals surface area contributed by atoms with Crippen LogP contribution in [-0.2, 0) is 9.59 Å². The van der Waals surface area contributed by atoms with Crippen LogP contribution in [-0.4, -0.2) is 42.4 Å². The van der Waals surface area contributed by atoms with Crippen LogP contribution in [0.2, 0.25) is 0 Å². The van der Waals surface area contributed by atoms with E-state index < -0.39 is 11.9 Å². The molecule has 0 unspecified atom stereocenters. The van der Waals surface area contributed by atoms with Gasteiger partial charge in [-0.15, -0.1) is 0 Å². The molecule has 0 aliphatic heterocycles. The number of hydrogen-bond acceptors (Lipinski definition) is 3. The number of nitrogens with zero attached hydrogens (tertiary/aromatic N) is 1. The van der Waals surface area contributed by atoms with Gasteiger partial charge in [-0.3, -0.25) is 4.79 Å². The molecule has 0 saturated carbocycles. The standard InChI is InChI=1S/C3H8N.2C2H4O2/c1-4(2)3;2*1-2(3)4/h1H2,2-3H3;2*1H3,(H,3,4)/q+1;;/p-1. The van der Waals surface area contributed by atoms with Crippen molar-refractivity contribution in [3.63, 3.8) is 0 Å². The van der Waals surface area contributed by atoms with Gasteiger partial charge in [0.25, 0.3) is 5.97 Å². The molecule has 0 rings (SSSR count). The molecule has 0 spiro atoms. The minimum atomic E-state index is -1.08. The monoisotopic (exact) mass is 177 g/mol. The second-order valence-corrected chi connectivity index (χ2v) is 2.09. The van der Waals surface area contributed by atoms with Gasteiger partial charge in [0.2, 0.25) is 0 Å². The summed E-state index contributed by atoms with van der Waals surface area (Å²) in [5, 5.41) is 16.3. The largest absolute Gasteiger partial charge is 0.550 e. The number of carboxylic acid groups (broad SMARTS) is 2. The van der Waals surface area contributed by atoms with Crippen molar-refractivity contribution in [2.75, 3.05) is 14.1 Å². The van der Waals surface area contributed by atoms with Crippen LogP contribution in [0.4, 0.5) is 0 Å². The third-order valence-corrected chi connectivity index (χ3v) is 0. The summed E-state index contributed by atoms with van der Waals surface area (Å²) in [4.78, 5) is 17.9. The highest BCUT2D eigenvalue weighted by molar-refractivity contribution is 5.62. The lowest BCUT2D eigenvalue weighted by molar-refractivity contribution is -0.454. The SMILES string of the molecule is C=[N+](C)C.CC(=O)O.CC(=O)[O-]. The summed E-state index contributed by atoms with van der Waals surface area (Å²) >= 11 is 0. The summed E-state index contributed by atoms with van der Waals surface area (Å²) in [6.45, 7) is 5.53. The number of carbonyl (C=O) groups excluding carboxylic acids is 1. The van der Waals surface area contributed by atoms with Gasteiger partial charge in [0, 0.05) is 12.9 Å². The van der Waals surface area contributed by atoms with Crippen molar-refractivity contribution in [3.05, 3.63) is 0 Å². The molecule has 0 aliphatic carbocycles. The maximum absolute atomic E-state index is 9.00. The first-order valence-corrected chi connectivity index (χ1v) is 3.05. The van der Waals surface area contributed by atoms with Crippen molar-refractivity contribution in [2.24, 2.45) is 0 Å². The Labute approximate surface area is 72.0 Å². The van der Waals surface area contributed by atoms with Crippen LogP contribution in [0.1, 0.15) is 13.8 Å². The molecule has 0 aromatic rings. The first kappa shape index (κ1) is 16.9. The Morgan fingerprint density at radius 3 is 1.33 bits per heavy atom. The van der Waals surface area contributed by atoms with E-state index in [1.165, 1.54) is 0 Å². The Kier molecular flexibility index (Phi) is 17.3. The molecule has 72 valence electrons. The van der Waals surface area contributed by atoms with Crippen molar-refractivity contribution < 1.29 is 24.4 Å². The van der Waals surface area contributed by atoms with Gasteiger partial charge in [-0.05, 0) is 6.92 Å². The smallest absolute Gasteiger partial charge is 0.300 e. The van der Waals surface area contributed by atoms with Crippen molar-refractivity contribution in [3.8, 4) is 0 Å². The lowest BCUT2D eigenvalue weighted by Gasteiger charge is -1.77. The van der Waals surface area contributed by atoms with E-state index in [2.05, 4.69) is 6.72 Å². The summed E-state index contributed by atoms with van der Waals surface area (Å²) in [6.07, 6.45) is 0. The fraction of sp³-hybridized carbons (Fsp3) is 0.571. The minimum absolute atomic E-state index is 0.833. The zero-order valence-corrected chi connectivity index (χ0v) is 7.83. The zero-order valence-electron chi connectivity index (χ0n) is 7.83. The van der Waals surface area contributed by atoms with Crippen LogP contribution >= 0.6 is 0 Å². The number of carbonyl (C=O) groups is 2. The van der Waals surface area contributed by atoms with Crippen LogP contribution in [0.3, 0.4) is 0 Å². The van der Waals surface area contributed by atoms with Gasteiger partial charge in [-0.1, -0.05) is 0 Å². The number of rotatable bonds is 0. The minimum Gasteiger partial charge on any atom is -0.550 e. The molecule has 12 heavy (non-hydrogen) atoms. The molecule has 0 heterocycles. The highest BCUT2D eigenvalue weighted by atomic mass is 16.4. The summed E-state index contributed by atoms with van der Waals surface area (Å²) in [5.41, 5.74) is 0. The van der Waals surface area contributed by atoms with Gasteiger partial charge in [0.1, 0.15) is 20.8 Å². The van der Waals surface area contributed by atoms with Crippen LogP contribution in [0.25, 0.3) is 0 Å². The molecular weight excluding hydrogens is 162 g/mol. The van der Waals surface area contributed by atoms with Gasteiger partial charge >= 0.3 is 0 Å². The predicted octanol–water partition coefficient (Wildman–Crippen LogP) is -1.19. The van der Waals surface area contributed by atoms with Gasteiger partial charge in [-0.2, -0.15) is 0 Å². The van der Waals surface area contributed by atoms with Crippen LogP contribution in [0.5, 0.6) is 0 Å². The second kappa shape index (κ2) is 12.3. The van der Waals surface area contributed by atoms with E-state index in [1.807, 2.05) is 14.1 Å². The molecular formula is C7H15NO4. The Morgan fingerprint density at radius 1 is 1.33 bits per heavy atom. The van der Waals surface area contributed by atoms with Crippen LogP contribution < -0.4 is 5.11 Å². The average molecular weight is 177 g/mol.